The molecule has 0 spiro atoms. The molecule has 2 nitrogen and oxygen atoms in total. The molecule has 0 aliphatic heterocycles. The van der Waals surface area contributed by atoms with Crippen LogP contribution >= 0.6 is 0 Å². The molecule has 3 heteroatoms. The Hall–Kier alpha value is -0.960. The Kier molecular flexibility index (Phi) is 4.63. The third-order valence-electron chi connectivity index (χ3n) is 2.32. The lowest BCUT2D eigenvalue weighted by molar-refractivity contribution is 0.650. The van der Waals surface area contributed by atoms with Crippen LogP contribution in [0.25, 0.3) is 0 Å². The van der Waals surface area contributed by atoms with E-state index in [1.54, 1.807) is 0 Å². The summed E-state index contributed by atoms with van der Waals surface area (Å²) in [6, 6.07) is 9.96. The first-order valence-electron chi connectivity index (χ1n) is 5.88. The van der Waals surface area contributed by atoms with Crippen molar-refractivity contribution < 1.29 is 4.21 Å². The van der Waals surface area contributed by atoms with Gasteiger partial charge < -0.3 is 0 Å². The van der Waals surface area contributed by atoms with Crippen molar-refractivity contribution in [3.63, 3.8) is 0 Å². The topological polar surface area (TPSA) is 29.4 Å². The van der Waals surface area contributed by atoms with E-state index in [2.05, 4.69) is 18.2 Å². The van der Waals surface area contributed by atoms with E-state index in [9.17, 15) is 4.21 Å². The zero-order valence-electron chi connectivity index (χ0n) is 11.2. The van der Waals surface area contributed by atoms with Crippen LogP contribution in [-0.4, -0.2) is 14.7 Å². The fourth-order valence-corrected chi connectivity index (χ4v) is 2.10. The van der Waals surface area contributed by atoms with Crippen LogP contribution in [0.15, 0.2) is 34.7 Å². The molecule has 0 heterocycles. The van der Waals surface area contributed by atoms with Gasteiger partial charge in [0.25, 0.3) is 0 Å². The summed E-state index contributed by atoms with van der Waals surface area (Å²) in [5, 5.41) is 0. The summed E-state index contributed by atoms with van der Waals surface area (Å²) < 4.78 is 16.2. The molecule has 1 aromatic rings. The highest BCUT2D eigenvalue weighted by molar-refractivity contribution is 7.85. The quantitative estimate of drug-likeness (QED) is 0.755. The molecule has 0 bridgehead atoms. The molecule has 0 saturated carbocycles. The van der Waals surface area contributed by atoms with E-state index in [1.165, 1.54) is 0 Å². The summed E-state index contributed by atoms with van der Waals surface area (Å²) in [5.41, 5.74) is 1.97. The second-order valence-electron chi connectivity index (χ2n) is 5.36. The summed E-state index contributed by atoms with van der Waals surface area (Å²) >= 11 is 0. The molecular formula is C14H21NOS. The second kappa shape index (κ2) is 5.58. The van der Waals surface area contributed by atoms with Crippen LogP contribution in [0.3, 0.4) is 0 Å². The van der Waals surface area contributed by atoms with Crippen molar-refractivity contribution in [3.8, 4) is 0 Å². The molecule has 1 unspecified atom stereocenters. The smallest absolute Gasteiger partial charge is 0.145 e. The zero-order chi connectivity index (χ0) is 13.1. The van der Waals surface area contributed by atoms with E-state index in [0.29, 0.717) is 0 Å². The Labute approximate surface area is 107 Å². The maximum absolute atomic E-state index is 12.1. The Bertz CT molecular complexity index is 416. The molecule has 1 rings (SSSR count). The van der Waals surface area contributed by atoms with E-state index >= 15 is 0 Å². The van der Waals surface area contributed by atoms with Gasteiger partial charge in [0.05, 0.1) is 10.5 Å². The van der Waals surface area contributed by atoms with Crippen LogP contribution in [0.5, 0.6) is 0 Å². The van der Waals surface area contributed by atoms with E-state index in [1.807, 2.05) is 51.1 Å². The van der Waals surface area contributed by atoms with Gasteiger partial charge in [0.15, 0.2) is 0 Å². The summed E-state index contributed by atoms with van der Waals surface area (Å²) in [6.45, 7) is 9.97. The highest BCUT2D eigenvalue weighted by Gasteiger charge is 2.20. The van der Waals surface area contributed by atoms with Gasteiger partial charge in [-0.05, 0) is 32.3 Å². The first kappa shape index (κ1) is 14.1. The fraction of sp³-hybridized carbons (Fsp3) is 0.500. The van der Waals surface area contributed by atoms with Gasteiger partial charge in [-0.1, -0.05) is 44.2 Å². The Morgan fingerprint density at radius 2 is 1.71 bits per heavy atom. The van der Waals surface area contributed by atoms with Crippen molar-refractivity contribution in [3.05, 3.63) is 35.9 Å². The van der Waals surface area contributed by atoms with E-state index in [4.69, 9.17) is 0 Å². The molecule has 1 aromatic carbocycles. The lowest BCUT2D eigenvalue weighted by Gasteiger charge is -2.16. The number of hydrogen-bond donors (Lipinski definition) is 0. The number of benzene rings is 1. The van der Waals surface area contributed by atoms with Gasteiger partial charge in [0, 0.05) is 0 Å². The van der Waals surface area contributed by atoms with Crippen LogP contribution in [0, 0.1) is 5.92 Å². The van der Waals surface area contributed by atoms with Gasteiger partial charge in [-0.2, -0.15) is 4.40 Å². The molecule has 0 fully saturated rings. The van der Waals surface area contributed by atoms with Gasteiger partial charge in [-0.25, -0.2) is 4.21 Å². The largest absolute Gasteiger partial charge is 0.234 e. The molecule has 0 aliphatic carbocycles. The molecule has 0 aliphatic rings. The average Bonchev–Trinajstić information content (AvgIpc) is 2.25. The highest BCUT2D eigenvalue weighted by Crippen LogP contribution is 2.17. The van der Waals surface area contributed by atoms with Crippen molar-refractivity contribution in [2.24, 2.45) is 10.3 Å². The summed E-state index contributed by atoms with van der Waals surface area (Å²) in [7, 11) is -1.20. The minimum Gasteiger partial charge on any atom is -0.234 e. The average molecular weight is 251 g/mol. The Morgan fingerprint density at radius 3 is 2.12 bits per heavy atom. The van der Waals surface area contributed by atoms with Crippen LogP contribution in [0.2, 0.25) is 0 Å². The first-order valence-corrected chi connectivity index (χ1v) is 6.99. The Morgan fingerprint density at radius 1 is 1.18 bits per heavy atom. The van der Waals surface area contributed by atoms with Crippen LogP contribution < -0.4 is 0 Å². The zero-order valence-corrected chi connectivity index (χ0v) is 12.0. The minimum absolute atomic E-state index is 0.267. The summed E-state index contributed by atoms with van der Waals surface area (Å²) in [6.07, 6.45) is 0. The maximum Gasteiger partial charge on any atom is 0.145 e. The molecule has 0 aromatic heterocycles. The van der Waals surface area contributed by atoms with Crippen molar-refractivity contribution in [1.82, 2.24) is 0 Å². The first-order chi connectivity index (χ1) is 7.82. The lowest BCUT2D eigenvalue weighted by atomic mass is 10.0. The van der Waals surface area contributed by atoms with Gasteiger partial charge >= 0.3 is 0 Å². The minimum atomic E-state index is -1.20. The van der Waals surface area contributed by atoms with Crippen molar-refractivity contribution in [1.29, 1.82) is 0 Å². The van der Waals surface area contributed by atoms with Crippen molar-refractivity contribution in [2.75, 3.05) is 0 Å². The standard InChI is InChI=1S/C14H21NOS/c1-11(2)13(12-9-7-6-8-10-12)15-17(16)14(3,4)5/h6-11H,1-5H3/b15-13+. The normalized spacial score (nSPS) is 15.1. The van der Waals surface area contributed by atoms with Gasteiger partial charge in [0.1, 0.15) is 11.0 Å². The monoisotopic (exact) mass is 251 g/mol. The van der Waals surface area contributed by atoms with Crippen LogP contribution in [-0.2, 0) is 11.0 Å². The molecule has 0 N–H and O–H groups in total. The third-order valence-corrected chi connectivity index (χ3v) is 3.73. The number of nitrogens with zero attached hydrogens (tertiary/aromatic N) is 1. The molecule has 0 saturated heterocycles. The second-order valence-corrected chi connectivity index (χ2v) is 7.26. The summed E-state index contributed by atoms with van der Waals surface area (Å²) in [5.74, 6) is 0.267. The van der Waals surface area contributed by atoms with E-state index in [-0.39, 0.29) is 10.7 Å². The van der Waals surface area contributed by atoms with Gasteiger partial charge in [-0.15, -0.1) is 0 Å². The third kappa shape index (κ3) is 4.08. The highest BCUT2D eigenvalue weighted by atomic mass is 32.2. The molecular weight excluding hydrogens is 230 g/mol. The predicted molar refractivity (Wildman–Crippen MR) is 75.7 cm³/mol. The lowest BCUT2D eigenvalue weighted by Crippen LogP contribution is -2.22. The Balaban J connectivity index is 3.12. The van der Waals surface area contributed by atoms with Gasteiger partial charge in [0.2, 0.25) is 0 Å². The molecule has 1 atom stereocenters. The summed E-state index contributed by atoms with van der Waals surface area (Å²) in [4.78, 5) is 0. The van der Waals surface area contributed by atoms with Gasteiger partial charge in [-0.3, -0.25) is 0 Å². The number of rotatable bonds is 3. The molecule has 0 amide bonds. The van der Waals surface area contributed by atoms with Crippen LogP contribution in [0.1, 0.15) is 40.2 Å². The van der Waals surface area contributed by atoms with E-state index in [0.717, 1.165) is 11.3 Å². The molecule has 94 valence electrons. The fourth-order valence-electron chi connectivity index (χ4n) is 1.33. The predicted octanol–water partition coefficient (Wildman–Crippen LogP) is 3.59. The number of hydrogen-bond acceptors (Lipinski definition) is 1. The molecule has 0 radical (unpaired) electrons. The SMILES string of the molecule is CC(C)/C(=N\S(=O)C(C)(C)C)c1ccccc1. The molecule has 17 heavy (non-hydrogen) atoms. The van der Waals surface area contributed by atoms with Crippen molar-refractivity contribution >= 4 is 16.7 Å². The maximum atomic E-state index is 12.1. The van der Waals surface area contributed by atoms with E-state index < -0.39 is 11.0 Å². The van der Waals surface area contributed by atoms with Crippen LogP contribution in [0.4, 0.5) is 0 Å². The van der Waals surface area contributed by atoms with Crippen molar-refractivity contribution in [2.45, 2.75) is 39.4 Å².